The minimum absolute atomic E-state index is 0.0287. The molecular weight excluding hydrogens is 230 g/mol. The van der Waals surface area contributed by atoms with Gasteiger partial charge in [0.25, 0.3) is 0 Å². The molecule has 0 heterocycles. The molecule has 0 unspecified atom stereocenters. The zero-order chi connectivity index (χ0) is 13.8. The third-order valence-corrected chi connectivity index (χ3v) is 2.24. The third kappa shape index (κ3) is 4.45. The monoisotopic (exact) mass is 249 g/mol. The molecule has 4 N–H and O–H groups in total. The molecule has 0 radical (unpaired) electrons. The number of amidine groups is 1. The summed E-state index contributed by atoms with van der Waals surface area (Å²) in [5.74, 6) is 0.0275. The van der Waals surface area contributed by atoms with Crippen LogP contribution in [0.4, 0.5) is 0 Å². The van der Waals surface area contributed by atoms with Crippen LogP contribution >= 0.6 is 0 Å². The summed E-state index contributed by atoms with van der Waals surface area (Å²) in [6.45, 7) is 5.81. The summed E-state index contributed by atoms with van der Waals surface area (Å²) in [5.41, 5.74) is 6.72. The molecule has 0 saturated heterocycles. The normalized spacial score (nSPS) is 12.3. The van der Waals surface area contributed by atoms with Crippen molar-refractivity contribution in [1.82, 2.24) is 5.32 Å². The quantitative estimate of drug-likeness (QED) is 0.326. The fraction of sp³-hybridized carbons (Fsp3) is 0.385. The van der Waals surface area contributed by atoms with E-state index in [-0.39, 0.29) is 17.3 Å². The zero-order valence-electron chi connectivity index (χ0n) is 10.9. The van der Waals surface area contributed by atoms with Gasteiger partial charge in [-0.3, -0.25) is 4.79 Å². The lowest BCUT2D eigenvalue weighted by atomic mass is 10.1. The van der Waals surface area contributed by atoms with E-state index in [9.17, 15) is 4.79 Å². The van der Waals surface area contributed by atoms with Gasteiger partial charge in [-0.25, -0.2) is 0 Å². The second-order valence-corrected chi connectivity index (χ2v) is 5.16. The lowest BCUT2D eigenvalue weighted by Crippen LogP contribution is -2.41. The van der Waals surface area contributed by atoms with Crippen molar-refractivity contribution < 1.29 is 10.0 Å². The van der Waals surface area contributed by atoms with Crippen LogP contribution in [-0.2, 0) is 11.2 Å². The van der Waals surface area contributed by atoms with Crippen LogP contribution < -0.4 is 11.1 Å². The van der Waals surface area contributed by atoms with E-state index >= 15 is 0 Å². The van der Waals surface area contributed by atoms with E-state index in [0.717, 1.165) is 5.56 Å². The number of hydrogen-bond donors (Lipinski definition) is 3. The third-order valence-electron chi connectivity index (χ3n) is 2.24. The first-order valence-corrected chi connectivity index (χ1v) is 5.69. The van der Waals surface area contributed by atoms with Crippen LogP contribution in [0.5, 0.6) is 0 Å². The van der Waals surface area contributed by atoms with E-state index in [2.05, 4.69) is 10.5 Å². The largest absolute Gasteiger partial charge is 0.409 e. The average molecular weight is 249 g/mol. The number of oxime groups is 1. The molecule has 0 bridgehead atoms. The van der Waals surface area contributed by atoms with E-state index in [1.807, 2.05) is 20.8 Å². The van der Waals surface area contributed by atoms with Crippen LogP contribution in [0.3, 0.4) is 0 Å². The van der Waals surface area contributed by atoms with Gasteiger partial charge in [0.2, 0.25) is 5.91 Å². The van der Waals surface area contributed by atoms with Crippen molar-refractivity contribution in [3.05, 3.63) is 35.4 Å². The number of carbonyl (C=O) groups is 1. The Balaban J connectivity index is 2.67. The van der Waals surface area contributed by atoms with Crippen molar-refractivity contribution in [2.24, 2.45) is 10.9 Å². The second kappa shape index (κ2) is 5.53. The summed E-state index contributed by atoms with van der Waals surface area (Å²) >= 11 is 0. The molecule has 1 rings (SSSR count). The maximum absolute atomic E-state index is 11.7. The maximum Gasteiger partial charge on any atom is 0.224 e. The maximum atomic E-state index is 11.7. The Hall–Kier alpha value is -2.04. The van der Waals surface area contributed by atoms with Gasteiger partial charge in [0.15, 0.2) is 5.84 Å². The zero-order valence-corrected chi connectivity index (χ0v) is 10.9. The first-order chi connectivity index (χ1) is 8.31. The van der Waals surface area contributed by atoms with Crippen molar-refractivity contribution >= 4 is 11.7 Å². The molecule has 0 atom stereocenters. The molecule has 0 aromatic heterocycles. The number of rotatable bonds is 3. The summed E-state index contributed by atoms with van der Waals surface area (Å²) in [5, 5.41) is 14.3. The van der Waals surface area contributed by atoms with Gasteiger partial charge in [-0.05, 0) is 26.3 Å². The number of benzene rings is 1. The van der Waals surface area contributed by atoms with E-state index in [0.29, 0.717) is 12.0 Å². The van der Waals surface area contributed by atoms with Crippen molar-refractivity contribution in [3.8, 4) is 0 Å². The Morgan fingerprint density at radius 1 is 1.33 bits per heavy atom. The van der Waals surface area contributed by atoms with Crippen LogP contribution in [0.25, 0.3) is 0 Å². The fourth-order valence-electron chi connectivity index (χ4n) is 1.50. The SMILES string of the molecule is CC(C)(C)NC(=O)Cc1ccc(C(N)=NO)cc1. The van der Waals surface area contributed by atoms with Gasteiger partial charge in [-0.2, -0.15) is 0 Å². The molecule has 5 nitrogen and oxygen atoms in total. The molecule has 1 aromatic carbocycles. The summed E-state index contributed by atoms with van der Waals surface area (Å²) in [7, 11) is 0. The highest BCUT2D eigenvalue weighted by Crippen LogP contribution is 2.06. The van der Waals surface area contributed by atoms with Crippen LogP contribution in [0, 0.1) is 0 Å². The van der Waals surface area contributed by atoms with Crippen molar-refractivity contribution in [2.75, 3.05) is 0 Å². The minimum atomic E-state index is -0.231. The Morgan fingerprint density at radius 3 is 2.33 bits per heavy atom. The summed E-state index contributed by atoms with van der Waals surface area (Å²) < 4.78 is 0. The molecule has 0 aliphatic rings. The van der Waals surface area contributed by atoms with Crippen LogP contribution in [0.2, 0.25) is 0 Å². The molecule has 0 aliphatic heterocycles. The number of amides is 1. The molecule has 1 aromatic rings. The highest BCUT2D eigenvalue weighted by Gasteiger charge is 2.13. The predicted octanol–water partition coefficient (Wildman–Crippen LogP) is 1.24. The molecular formula is C13H19N3O2. The summed E-state index contributed by atoms with van der Waals surface area (Å²) in [6, 6.07) is 7.01. The standard InChI is InChI=1S/C13H19N3O2/c1-13(2,3)15-11(17)8-9-4-6-10(7-5-9)12(14)16-18/h4-7,18H,8H2,1-3H3,(H2,14,16)(H,15,17). The summed E-state index contributed by atoms with van der Waals surface area (Å²) in [4.78, 5) is 11.7. The molecule has 0 saturated carbocycles. The predicted molar refractivity (Wildman–Crippen MR) is 70.6 cm³/mol. The number of nitrogens with zero attached hydrogens (tertiary/aromatic N) is 1. The number of hydrogen-bond acceptors (Lipinski definition) is 3. The van der Waals surface area contributed by atoms with E-state index < -0.39 is 0 Å². The Kier molecular flexibility index (Phi) is 4.31. The molecule has 18 heavy (non-hydrogen) atoms. The van der Waals surface area contributed by atoms with Gasteiger partial charge in [-0.1, -0.05) is 29.4 Å². The average Bonchev–Trinajstić information content (AvgIpc) is 2.26. The van der Waals surface area contributed by atoms with E-state index in [4.69, 9.17) is 10.9 Å². The number of nitrogens with two attached hydrogens (primary N) is 1. The molecule has 0 spiro atoms. The molecule has 1 amide bonds. The molecule has 0 fully saturated rings. The van der Waals surface area contributed by atoms with Crippen molar-refractivity contribution in [2.45, 2.75) is 32.7 Å². The first-order valence-electron chi connectivity index (χ1n) is 5.69. The highest BCUT2D eigenvalue weighted by atomic mass is 16.4. The summed E-state index contributed by atoms with van der Waals surface area (Å²) in [6.07, 6.45) is 0.313. The van der Waals surface area contributed by atoms with Crippen molar-refractivity contribution in [3.63, 3.8) is 0 Å². The van der Waals surface area contributed by atoms with Gasteiger partial charge < -0.3 is 16.3 Å². The highest BCUT2D eigenvalue weighted by molar-refractivity contribution is 5.97. The van der Waals surface area contributed by atoms with Crippen LogP contribution in [-0.4, -0.2) is 22.5 Å². The van der Waals surface area contributed by atoms with Gasteiger partial charge in [0.1, 0.15) is 0 Å². The van der Waals surface area contributed by atoms with E-state index in [1.54, 1.807) is 24.3 Å². The molecule has 98 valence electrons. The Labute approximate surface area is 107 Å². The lowest BCUT2D eigenvalue weighted by molar-refractivity contribution is -0.121. The van der Waals surface area contributed by atoms with Gasteiger partial charge in [0, 0.05) is 11.1 Å². The Morgan fingerprint density at radius 2 is 1.89 bits per heavy atom. The topological polar surface area (TPSA) is 87.7 Å². The van der Waals surface area contributed by atoms with Crippen LogP contribution in [0.15, 0.2) is 29.4 Å². The van der Waals surface area contributed by atoms with Gasteiger partial charge in [0.05, 0.1) is 6.42 Å². The van der Waals surface area contributed by atoms with E-state index in [1.165, 1.54) is 0 Å². The number of carbonyl (C=O) groups excluding carboxylic acids is 1. The molecule has 5 heteroatoms. The lowest BCUT2D eigenvalue weighted by Gasteiger charge is -2.20. The second-order valence-electron chi connectivity index (χ2n) is 5.16. The van der Waals surface area contributed by atoms with Gasteiger partial charge >= 0.3 is 0 Å². The van der Waals surface area contributed by atoms with Crippen LogP contribution in [0.1, 0.15) is 31.9 Å². The minimum Gasteiger partial charge on any atom is -0.409 e. The van der Waals surface area contributed by atoms with Crippen molar-refractivity contribution in [1.29, 1.82) is 0 Å². The number of nitrogens with one attached hydrogen (secondary N) is 1. The molecule has 0 aliphatic carbocycles. The first kappa shape index (κ1) is 14.0. The Bertz CT molecular complexity index is 444. The van der Waals surface area contributed by atoms with Gasteiger partial charge in [-0.15, -0.1) is 0 Å². The smallest absolute Gasteiger partial charge is 0.224 e. The fourth-order valence-corrected chi connectivity index (χ4v) is 1.50.